The molecule has 2 aliphatic rings. The lowest BCUT2D eigenvalue weighted by molar-refractivity contribution is -0.138. The maximum absolute atomic E-state index is 13.9. The first-order valence-corrected chi connectivity index (χ1v) is 12.5. The van der Waals surface area contributed by atoms with E-state index in [-0.39, 0.29) is 42.8 Å². The first kappa shape index (κ1) is 26.1. The van der Waals surface area contributed by atoms with Gasteiger partial charge in [0.1, 0.15) is 0 Å². The zero-order chi connectivity index (χ0) is 25.4. The summed E-state index contributed by atoms with van der Waals surface area (Å²) in [6.45, 7) is 0. The highest BCUT2D eigenvalue weighted by molar-refractivity contribution is 7.99. The molecular formula is C26H18Cl2F6S. The highest BCUT2D eigenvalue weighted by Crippen LogP contribution is 2.44. The maximum Gasteiger partial charge on any atom is 0.417 e. The van der Waals surface area contributed by atoms with Crippen LogP contribution < -0.4 is 0 Å². The second-order valence-electron chi connectivity index (χ2n) is 8.54. The number of hydrogen-bond donors (Lipinski definition) is 0. The van der Waals surface area contributed by atoms with E-state index in [0.717, 1.165) is 50.7 Å². The highest BCUT2D eigenvalue weighted by Gasteiger charge is 2.37. The summed E-state index contributed by atoms with van der Waals surface area (Å²) in [6, 6.07) is 4.13. The lowest BCUT2D eigenvalue weighted by atomic mass is 9.86. The third kappa shape index (κ3) is 6.26. The van der Waals surface area contributed by atoms with Gasteiger partial charge in [0.05, 0.1) is 22.3 Å². The molecule has 0 heterocycles. The molecule has 0 radical (unpaired) electrons. The Morgan fingerprint density at radius 1 is 0.657 bits per heavy atom. The van der Waals surface area contributed by atoms with Gasteiger partial charge in [-0.15, -0.1) is 0 Å². The average Bonchev–Trinajstić information content (AvgIpc) is 2.66. The Labute approximate surface area is 213 Å². The largest absolute Gasteiger partial charge is 0.417 e. The van der Waals surface area contributed by atoms with Crippen molar-refractivity contribution < 1.29 is 26.3 Å². The molecule has 2 saturated carbocycles. The van der Waals surface area contributed by atoms with E-state index in [9.17, 15) is 26.3 Å². The molecule has 0 amide bonds. The van der Waals surface area contributed by atoms with Crippen LogP contribution in [0.5, 0.6) is 0 Å². The standard InChI is InChI=1S/C26H18Cl2F6S/c27-17-11-21(25(29,30)31)19(9-7-15-3-1-4-15)23(13-17)35-24-14-18(28)12-22(26(32,33)34)20(24)10-8-16-5-2-6-16/h11-16H,1-6H2. The Bertz CT molecular complexity index is 1150. The third-order valence-corrected chi connectivity index (χ3v) is 7.50. The minimum Gasteiger partial charge on any atom is -0.166 e. The van der Waals surface area contributed by atoms with E-state index in [1.54, 1.807) is 0 Å². The van der Waals surface area contributed by atoms with Crippen molar-refractivity contribution >= 4 is 35.0 Å². The van der Waals surface area contributed by atoms with Crippen molar-refractivity contribution in [3.8, 4) is 23.7 Å². The second-order valence-corrected chi connectivity index (χ2v) is 10.5. The molecular weight excluding hydrogens is 529 g/mol. The zero-order valence-electron chi connectivity index (χ0n) is 18.1. The molecule has 0 nitrogen and oxygen atoms in total. The monoisotopic (exact) mass is 546 g/mol. The van der Waals surface area contributed by atoms with Gasteiger partial charge < -0.3 is 0 Å². The fourth-order valence-electron chi connectivity index (χ4n) is 3.60. The van der Waals surface area contributed by atoms with Crippen LogP contribution >= 0.6 is 35.0 Å². The first-order chi connectivity index (χ1) is 16.4. The molecule has 35 heavy (non-hydrogen) atoms. The van der Waals surface area contributed by atoms with Gasteiger partial charge in [-0.25, -0.2) is 0 Å². The number of hydrogen-bond acceptors (Lipinski definition) is 1. The van der Waals surface area contributed by atoms with Crippen LogP contribution in [-0.2, 0) is 12.4 Å². The van der Waals surface area contributed by atoms with Crippen molar-refractivity contribution in [3.63, 3.8) is 0 Å². The van der Waals surface area contributed by atoms with Gasteiger partial charge in [0.25, 0.3) is 0 Å². The highest BCUT2D eigenvalue weighted by atomic mass is 35.5. The SMILES string of the molecule is FC(F)(F)c1cc(Cl)cc(Sc2cc(Cl)cc(C(F)(F)F)c2C#CC2CCC2)c1C#CC1CCC1. The molecule has 0 N–H and O–H groups in total. The summed E-state index contributed by atoms with van der Waals surface area (Å²) in [5.74, 6) is 11.0. The van der Waals surface area contributed by atoms with E-state index in [0.29, 0.717) is 11.8 Å². The molecule has 184 valence electrons. The maximum atomic E-state index is 13.9. The lowest BCUT2D eigenvalue weighted by Gasteiger charge is -2.20. The Morgan fingerprint density at radius 2 is 1.03 bits per heavy atom. The van der Waals surface area contributed by atoms with Gasteiger partial charge in [-0.05, 0) is 49.9 Å². The molecule has 0 spiro atoms. The number of benzene rings is 2. The summed E-state index contributed by atoms with van der Waals surface area (Å²) in [5, 5.41) is -0.400. The van der Waals surface area contributed by atoms with Crippen molar-refractivity contribution in [2.45, 2.75) is 60.7 Å². The van der Waals surface area contributed by atoms with Crippen LogP contribution in [0.4, 0.5) is 26.3 Å². The molecule has 0 atom stereocenters. The van der Waals surface area contributed by atoms with Crippen molar-refractivity contribution in [1.82, 2.24) is 0 Å². The summed E-state index contributed by atoms with van der Waals surface area (Å²) < 4.78 is 83.2. The van der Waals surface area contributed by atoms with Crippen molar-refractivity contribution in [1.29, 1.82) is 0 Å². The van der Waals surface area contributed by atoms with Gasteiger partial charge >= 0.3 is 12.4 Å². The molecule has 0 aliphatic heterocycles. The van der Waals surface area contributed by atoms with Crippen LogP contribution in [-0.4, -0.2) is 0 Å². The Balaban J connectivity index is 1.87. The van der Waals surface area contributed by atoms with Gasteiger partial charge in [0, 0.05) is 31.7 Å². The zero-order valence-corrected chi connectivity index (χ0v) is 20.5. The minimum absolute atomic E-state index is 0.00117. The van der Waals surface area contributed by atoms with Crippen LogP contribution in [0, 0.1) is 35.5 Å². The van der Waals surface area contributed by atoms with Crippen LogP contribution in [0.15, 0.2) is 34.1 Å². The van der Waals surface area contributed by atoms with Gasteiger partial charge in [0.2, 0.25) is 0 Å². The van der Waals surface area contributed by atoms with E-state index < -0.39 is 23.5 Å². The molecule has 2 aromatic rings. The Hall–Kier alpha value is -1.93. The van der Waals surface area contributed by atoms with Crippen LogP contribution in [0.1, 0.15) is 60.8 Å². The molecule has 2 aliphatic carbocycles. The van der Waals surface area contributed by atoms with E-state index in [2.05, 4.69) is 23.7 Å². The molecule has 9 heteroatoms. The first-order valence-electron chi connectivity index (χ1n) is 10.9. The fraction of sp³-hybridized carbons (Fsp3) is 0.385. The second kappa shape index (κ2) is 10.2. The normalized spacial score (nSPS) is 16.5. The summed E-state index contributed by atoms with van der Waals surface area (Å²) >= 11 is 12.7. The van der Waals surface area contributed by atoms with Crippen molar-refractivity contribution in [2.75, 3.05) is 0 Å². The molecule has 2 aromatic carbocycles. The summed E-state index contributed by atoms with van der Waals surface area (Å²) in [7, 11) is 0. The molecule has 0 aromatic heterocycles. The molecule has 0 bridgehead atoms. The smallest absolute Gasteiger partial charge is 0.166 e. The molecule has 0 saturated heterocycles. The van der Waals surface area contributed by atoms with Gasteiger partial charge in [-0.1, -0.05) is 71.5 Å². The summed E-state index contributed by atoms with van der Waals surface area (Å²) in [6.07, 6.45) is -4.38. The lowest BCUT2D eigenvalue weighted by Crippen LogP contribution is -2.11. The van der Waals surface area contributed by atoms with E-state index in [1.165, 1.54) is 12.1 Å². The molecule has 2 fully saturated rings. The average molecular weight is 547 g/mol. The summed E-state index contributed by atoms with van der Waals surface area (Å²) in [4.78, 5) is -0.00234. The van der Waals surface area contributed by atoms with Crippen LogP contribution in [0.3, 0.4) is 0 Å². The topological polar surface area (TPSA) is 0 Å². The van der Waals surface area contributed by atoms with Gasteiger partial charge in [-0.3, -0.25) is 0 Å². The van der Waals surface area contributed by atoms with Crippen molar-refractivity contribution in [2.24, 2.45) is 11.8 Å². The van der Waals surface area contributed by atoms with Gasteiger partial charge in [0.15, 0.2) is 0 Å². The van der Waals surface area contributed by atoms with Crippen LogP contribution in [0.25, 0.3) is 0 Å². The van der Waals surface area contributed by atoms with Crippen LogP contribution in [0.2, 0.25) is 10.0 Å². The number of alkyl halides is 6. The van der Waals surface area contributed by atoms with Crippen molar-refractivity contribution in [3.05, 3.63) is 56.6 Å². The Morgan fingerprint density at radius 3 is 1.31 bits per heavy atom. The van der Waals surface area contributed by atoms with E-state index >= 15 is 0 Å². The molecule has 4 rings (SSSR count). The number of halogens is 8. The fourth-order valence-corrected chi connectivity index (χ4v) is 5.30. The predicted molar refractivity (Wildman–Crippen MR) is 125 cm³/mol. The third-order valence-electron chi connectivity index (χ3n) is 5.98. The summed E-state index contributed by atoms with van der Waals surface area (Å²) in [5.41, 5.74) is -2.69. The van der Waals surface area contributed by atoms with E-state index in [4.69, 9.17) is 23.2 Å². The quantitative estimate of drug-likeness (QED) is 0.267. The van der Waals surface area contributed by atoms with Gasteiger partial charge in [-0.2, -0.15) is 26.3 Å². The van der Waals surface area contributed by atoms with E-state index in [1.807, 2.05) is 0 Å². The predicted octanol–water partition coefficient (Wildman–Crippen LogP) is 9.49. The number of rotatable bonds is 2. The Kier molecular flexibility index (Phi) is 7.62. The minimum atomic E-state index is -4.75. The molecule has 0 unspecified atom stereocenters.